The summed E-state index contributed by atoms with van der Waals surface area (Å²) in [6.07, 6.45) is 1.59. The van der Waals surface area contributed by atoms with Gasteiger partial charge in [0.25, 0.3) is 0 Å². The molecule has 0 amide bonds. The number of carboxylic acid groups (broad SMARTS) is 1. The third-order valence-electron chi connectivity index (χ3n) is 3.50. The van der Waals surface area contributed by atoms with Crippen LogP contribution >= 0.6 is 0 Å². The van der Waals surface area contributed by atoms with E-state index in [9.17, 15) is 14.3 Å². The molecule has 1 aromatic rings. The molecule has 1 aliphatic carbocycles. The van der Waals surface area contributed by atoms with Crippen LogP contribution in [0.1, 0.15) is 24.8 Å². The SMILES string of the molecule is O=C(O)C1(c2c(F)ccc3c2OCCCO3)CC1. The molecule has 1 N–H and O–H groups in total. The molecule has 0 bridgehead atoms. The number of rotatable bonds is 2. The van der Waals surface area contributed by atoms with Gasteiger partial charge in [0, 0.05) is 6.42 Å². The molecule has 1 saturated carbocycles. The first-order valence-electron chi connectivity index (χ1n) is 5.97. The van der Waals surface area contributed by atoms with Crippen molar-refractivity contribution in [3.63, 3.8) is 0 Å². The Balaban J connectivity index is 2.16. The van der Waals surface area contributed by atoms with Gasteiger partial charge in [-0.25, -0.2) is 4.39 Å². The van der Waals surface area contributed by atoms with Crippen molar-refractivity contribution in [2.24, 2.45) is 0 Å². The fourth-order valence-corrected chi connectivity index (χ4v) is 2.35. The van der Waals surface area contributed by atoms with E-state index in [0.29, 0.717) is 38.2 Å². The van der Waals surface area contributed by atoms with E-state index in [4.69, 9.17) is 9.47 Å². The molecule has 1 aliphatic heterocycles. The molecule has 0 saturated heterocycles. The first-order valence-corrected chi connectivity index (χ1v) is 5.97. The minimum atomic E-state index is -1.12. The Morgan fingerprint density at radius 3 is 2.67 bits per heavy atom. The number of aliphatic carboxylic acids is 1. The van der Waals surface area contributed by atoms with Crippen LogP contribution < -0.4 is 9.47 Å². The molecule has 5 heteroatoms. The molecule has 0 unspecified atom stereocenters. The highest BCUT2D eigenvalue weighted by Gasteiger charge is 2.55. The van der Waals surface area contributed by atoms with Crippen LogP contribution in [-0.4, -0.2) is 24.3 Å². The van der Waals surface area contributed by atoms with Crippen LogP contribution in [0, 0.1) is 5.82 Å². The van der Waals surface area contributed by atoms with Crippen LogP contribution in [0.2, 0.25) is 0 Å². The predicted octanol–water partition coefficient (Wildman–Crippen LogP) is 2.10. The van der Waals surface area contributed by atoms with Crippen molar-refractivity contribution in [3.8, 4) is 11.5 Å². The quantitative estimate of drug-likeness (QED) is 0.875. The maximum absolute atomic E-state index is 14.0. The lowest BCUT2D eigenvalue weighted by atomic mass is 9.94. The molecular formula is C13H13FO4. The van der Waals surface area contributed by atoms with Crippen molar-refractivity contribution >= 4 is 5.97 Å². The second-order valence-corrected chi connectivity index (χ2v) is 4.69. The zero-order valence-electron chi connectivity index (χ0n) is 9.74. The van der Waals surface area contributed by atoms with Crippen LogP contribution in [0.4, 0.5) is 4.39 Å². The summed E-state index contributed by atoms with van der Waals surface area (Å²) in [5, 5.41) is 9.29. The van der Waals surface area contributed by atoms with Gasteiger partial charge in [0.2, 0.25) is 0 Å². The van der Waals surface area contributed by atoms with Crippen molar-refractivity contribution < 1.29 is 23.8 Å². The van der Waals surface area contributed by atoms with E-state index in [-0.39, 0.29) is 11.3 Å². The molecule has 0 atom stereocenters. The van der Waals surface area contributed by atoms with E-state index in [2.05, 4.69) is 0 Å². The average molecular weight is 252 g/mol. The minimum Gasteiger partial charge on any atom is -0.490 e. The summed E-state index contributed by atoms with van der Waals surface area (Å²) in [4.78, 5) is 11.3. The predicted molar refractivity (Wildman–Crippen MR) is 60.6 cm³/mol. The van der Waals surface area contributed by atoms with Gasteiger partial charge in [-0.3, -0.25) is 4.79 Å². The summed E-state index contributed by atoms with van der Waals surface area (Å²) in [5.74, 6) is -0.814. The van der Waals surface area contributed by atoms with Gasteiger partial charge in [-0.1, -0.05) is 0 Å². The van der Waals surface area contributed by atoms with Gasteiger partial charge in [-0.2, -0.15) is 0 Å². The van der Waals surface area contributed by atoms with Crippen molar-refractivity contribution in [3.05, 3.63) is 23.5 Å². The zero-order chi connectivity index (χ0) is 12.8. The van der Waals surface area contributed by atoms with Crippen LogP contribution in [0.3, 0.4) is 0 Å². The minimum absolute atomic E-state index is 0.148. The zero-order valence-corrected chi connectivity index (χ0v) is 9.74. The summed E-state index contributed by atoms with van der Waals surface area (Å²) < 4.78 is 25.0. The highest BCUT2D eigenvalue weighted by Crippen LogP contribution is 2.54. The number of carbonyl (C=O) groups is 1. The molecule has 1 aromatic carbocycles. The molecule has 96 valence electrons. The molecule has 2 aliphatic rings. The van der Waals surface area contributed by atoms with Crippen LogP contribution in [-0.2, 0) is 10.2 Å². The number of carboxylic acids is 1. The summed E-state index contributed by atoms with van der Waals surface area (Å²) in [5.41, 5.74) is -0.974. The first-order chi connectivity index (χ1) is 8.65. The van der Waals surface area contributed by atoms with E-state index in [0.717, 1.165) is 0 Å². The second-order valence-electron chi connectivity index (χ2n) is 4.69. The third-order valence-corrected chi connectivity index (χ3v) is 3.50. The van der Waals surface area contributed by atoms with Crippen LogP contribution in [0.15, 0.2) is 12.1 Å². The smallest absolute Gasteiger partial charge is 0.314 e. The van der Waals surface area contributed by atoms with Crippen molar-refractivity contribution in [2.75, 3.05) is 13.2 Å². The van der Waals surface area contributed by atoms with Crippen molar-refractivity contribution in [1.29, 1.82) is 0 Å². The standard InChI is InChI=1S/C13H13FO4/c14-8-2-3-9-11(18-7-1-6-17-9)10(8)13(4-5-13)12(15)16/h2-3H,1,4-7H2,(H,15,16). The number of fused-ring (bicyclic) bond motifs is 1. The fraction of sp³-hybridized carbons (Fsp3) is 0.462. The van der Waals surface area contributed by atoms with E-state index in [1.54, 1.807) is 0 Å². The normalized spacial score (nSPS) is 20.1. The molecular weight excluding hydrogens is 239 g/mol. The lowest BCUT2D eigenvalue weighted by Gasteiger charge is -2.18. The Hall–Kier alpha value is -1.78. The third kappa shape index (κ3) is 1.54. The highest BCUT2D eigenvalue weighted by molar-refractivity contribution is 5.86. The van der Waals surface area contributed by atoms with E-state index in [1.807, 2.05) is 0 Å². The molecule has 4 nitrogen and oxygen atoms in total. The van der Waals surface area contributed by atoms with Crippen molar-refractivity contribution in [2.45, 2.75) is 24.7 Å². The first kappa shape index (κ1) is 11.3. The van der Waals surface area contributed by atoms with Gasteiger partial charge in [-0.05, 0) is 25.0 Å². The number of hydrogen-bond donors (Lipinski definition) is 1. The molecule has 0 spiro atoms. The van der Waals surface area contributed by atoms with Gasteiger partial charge >= 0.3 is 5.97 Å². The molecule has 0 radical (unpaired) electrons. The molecule has 1 fully saturated rings. The van der Waals surface area contributed by atoms with Crippen molar-refractivity contribution in [1.82, 2.24) is 0 Å². The molecule has 0 aromatic heterocycles. The number of halogens is 1. The Morgan fingerprint density at radius 2 is 2.00 bits per heavy atom. The van der Waals surface area contributed by atoms with E-state index >= 15 is 0 Å². The Bertz CT molecular complexity index is 508. The van der Waals surface area contributed by atoms with Gasteiger partial charge in [0.1, 0.15) is 5.82 Å². The Kier molecular flexibility index (Phi) is 2.43. The van der Waals surface area contributed by atoms with Gasteiger partial charge < -0.3 is 14.6 Å². The Labute approximate surface area is 103 Å². The summed E-state index contributed by atoms with van der Waals surface area (Å²) in [7, 11) is 0. The topological polar surface area (TPSA) is 55.8 Å². The maximum atomic E-state index is 14.0. The van der Waals surface area contributed by atoms with Crippen LogP contribution in [0.5, 0.6) is 11.5 Å². The van der Waals surface area contributed by atoms with Gasteiger partial charge in [0.15, 0.2) is 11.5 Å². The second kappa shape index (κ2) is 3.86. The molecule has 18 heavy (non-hydrogen) atoms. The highest BCUT2D eigenvalue weighted by atomic mass is 19.1. The largest absolute Gasteiger partial charge is 0.490 e. The Morgan fingerprint density at radius 1 is 1.28 bits per heavy atom. The van der Waals surface area contributed by atoms with E-state index in [1.165, 1.54) is 12.1 Å². The van der Waals surface area contributed by atoms with Gasteiger partial charge in [-0.15, -0.1) is 0 Å². The molecule has 1 heterocycles. The maximum Gasteiger partial charge on any atom is 0.314 e. The summed E-state index contributed by atoms with van der Waals surface area (Å²) in [6.45, 7) is 0.914. The van der Waals surface area contributed by atoms with E-state index < -0.39 is 17.2 Å². The number of ether oxygens (including phenoxy) is 2. The number of hydrogen-bond acceptors (Lipinski definition) is 3. The fourth-order valence-electron chi connectivity index (χ4n) is 2.35. The average Bonchev–Trinajstić information content (AvgIpc) is 3.12. The molecule has 3 rings (SSSR count). The van der Waals surface area contributed by atoms with Crippen LogP contribution in [0.25, 0.3) is 0 Å². The monoisotopic (exact) mass is 252 g/mol. The lowest BCUT2D eigenvalue weighted by molar-refractivity contribution is -0.140. The summed E-state index contributed by atoms with van der Waals surface area (Å²) in [6, 6.07) is 2.75. The lowest BCUT2D eigenvalue weighted by Crippen LogP contribution is -2.22. The number of benzene rings is 1. The van der Waals surface area contributed by atoms with Gasteiger partial charge in [0.05, 0.1) is 24.2 Å². The summed E-state index contributed by atoms with van der Waals surface area (Å²) >= 11 is 0.